The molecular weight excluding hydrogens is 492 g/mol. The molecule has 2 aliphatic carbocycles. The Morgan fingerprint density at radius 2 is 1.75 bits per heavy atom. The molecule has 0 radical (unpaired) electrons. The number of likely N-dealkylation sites (tertiary alicyclic amines) is 1. The maximum absolute atomic E-state index is 13.5. The van der Waals surface area contributed by atoms with Gasteiger partial charge >= 0.3 is 0 Å². The normalized spacial score (nSPS) is 26.5. The molecule has 3 amide bonds. The van der Waals surface area contributed by atoms with Crippen molar-refractivity contribution in [2.24, 2.45) is 23.7 Å². The van der Waals surface area contributed by atoms with E-state index in [1.165, 1.54) is 4.90 Å². The number of aryl methyl sites for hydroxylation is 1. The van der Waals surface area contributed by atoms with Gasteiger partial charge in [0.15, 0.2) is 0 Å². The summed E-state index contributed by atoms with van der Waals surface area (Å²) < 4.78 is 0.733. The van der Waals surface area contributed by atoms with Gasteiger partial charge in [-0.05, 0) is 64.4 Å². The fraction of sp³-hybridized carbons (Fsp3) is 0.320. The second-order valence-electron chi connectivity index (χ2n) is 8.82. The molecule has 0 unspecified atom stereocenters. The molecule has 2 fully saturated rings. The lowest BCUT2D eigenvalue weighted by Crippen LogP contribution is -2.49. The fourth-order valence-electron chi connectivity index (χ4n) is 5.37. The topological polar surface area (TPSA) is 66.5 Å². The highest BCUT2D eigenvalue weighted by atomic mass is 79.9. The van der Waals surface area contributed by atoms with Gasteiger partial charge in [-0.2, -0.15) is 0 Å². The van der Waals surface area contributed by atoms with Crippen molar-refractivity contribution >= 4 is 50.9 Å². The first-order valence-corrected chi connectivity index (χ1v) is 11.9. The van der Waals surface area contributed by atoms with E-state index in [1.54, 1.807) is 6.07 Å². The van der Waals surface area contributed by atoms with Crippen LogP contribution in [-0.4, -0.2) is 28.7 Å². The van der Waals surface area contributed by atoms with Crippen molar-refractivity contribution < 1.29 is 14.4 Å². The molecule has 2 aromatic carbocycles. The quantitative estimate of drug-likeness (QED) is 0.463. The summed E-state index contributed by atoms with van der Waals surface area (Å²) >= 11 is 9.62. The van der Waals surface area contributed by atoms with Crippen LogP contribution in [0.1, 0.15) is 17.5 Å². The number of carbonyl (C=O) groups is 3. The molecule has 1 N–H and O–H groups in total. The zero-order chi connectivity index (χ0) is 22.6. The third-order valence-electron chi connectivity index (χ3n) is 6.92. The molecule has 0 aromatic heterocycles. The maximum atomic E-state index is 13.5. The van der Waals surface area contributed by atoms with Crippen molar-refractivity contribution in [3.63, 3.8) is 0 Å². The van der Waals surface area contributed by atoms with E-state index in [9.17, 15) is 14.4 Å². The van der Waals surface area contributed by atoms with Crippen molar-refractivity contribution in [3.05, 3.63) is 75.2 Å². The van der Waals surface area contributed by atoms with Crippen LogP contribution in [-0.2, 0) is 20.8 Å². The van der Waals surface area contributed by atoms with Gasteiger partial charge in [-0.25, -0.2) is 0 Å². The highest BCUT2D eigenvalue weighted by molar-refractivity contribution is 9.10. The van der Waals surface area contributed by atoms with E-state index in [1.807, 2.05) is 43.3 Å². The number of anilines is 1. The Morgan fingerprint density at radius 3 is 2.38 bits per heavy atom. The number of imide groups is 1. The van der Waals surface area contributed by atoms with Gasteiger partial charge in [0, 0.05) is 16.6 Å². The summed E-state index contributed by atoms with van der Waals surface area (Å²) in [5, 5.41) is 3.38. The van der Waals surface area contributed by atoms with Crippen LogP contribution in [0.5, 0.6) is 0 Å². The molecule has 1 heterocycles. The molecule has 2 aromatic rings. The lowest BCUT2D eigenvalue weighted by Gasteiger charge is -2.27. The van der Waals surface area contributed by atoms with E-state index in [0.717, 1.165) is 22.0 Å². The van der Waals surface area contributed by atoms with E-state index in [-0.39, 0.29) is 41.9 Å². The Kier molecular flexibility index (Phi) is 5.46. The minimum absolute atomic E-state index is 0.0967. The summed E-state index contributed by atoms with van der Waals surface area (Å²) in [4.78, 5) is 41.6. The number of benzene rings is 2. The molecule has 2 bridgehead atoms. The Hall–Kier alpha value is -2.44. The standard InChI is InChI=1S/C25H22BrClN2O3/c1-13-9-17(26)18(27)12-19(13)28-23(30)20(10-14-5-3-2-4-6-14)29-24(31)21-15-7-8-16(11-15)22(21)25(29)32/h2-9,12,15-16,20-22H,10-11H2,1H3,(H,28,30)/t15-,16-,20-,21+,22+/m0/s1. The second kappa shape index (κ2) is 8.16. The smallest absolute Gasteiger partial charge is 0.248 e. The molecule has 164 valence electrons. The molecule has 1 aliphatic heterocycles. The number of carbonyl (C=O) groups excluding carboxylic acids is 3. The van der Waals surface area contributed by atoms with E-state index in [2.05, 4.69) is 33.4 Å². The van der Waals surface area contributed by atoms with Gasteiger partial charge in [0.05, 0.1) is 16.9 Å². The van der Waals surface area contributed by atoms with Crippen LogP contribution < -0.4 is 5.32 Å². The number of fused-ring (bicyclic) bond motifs is 5. The first-order chi connectivity index (χ1) is 15.3. The van der Waals surface area contributed by atoms with Crippen molar-refractivity contribution in [1.82, 2.24) is 4.90 Å². The van der Waals surface area contributed by atoms with Crippen molar-refractivity contribution in [3.8, 4) is 0 Å². The number of nitrogens with zero attached hydrogens (tertiary/aromatic N) is 1. The third kappa shape index (κ3) is 3.50. The first-order valence-electron chi connectivity index (χ1n) is 10.7. The average molecular weight is 514 g/mol. The predicted molar refractivity (Wildman–Crippen MR) is 126 cm³/mol. The van der Waals surface area contributed by atoms with Crippen LogP contribution in [0.25, 0.3) is 0 Å². The Morgan fingerprint density at radius 1 is 1.12 bits per heavy atom. The lowest BCUT2D eigenvalue weighted by atomic mass is 9.85. The average Bonchev–Trinajstić information content (AvgIpc) is 3.45. The molecule has 5 nitrogen and oxygen atoms in total. The Bertz CT molecular complexity index is 1120. The summed E-state index contributed by atoms with van der Waals surface area (Å²) in [7, 11) is 0. The fourth-order valence-corrected chi connectivity index (χ4v) is 5.99. The third-order valence-corrected chi connectivity index (χ3v) is 8.11. The summed E-state index contributed by atoms with van der Waals surface area (Å²) in [6.07, 6.45) is 5.22. The van der Waals surface area contributed by atoms with Crippen LogP contribution in [0.3, 0.4) is 0 Å². The summed E-state index contributed by atoms with van der Waals surface area (Å²) in [6, 6.07) is 12.0. The molecule has 7 heteroatoms. The number of nitrogens with one attached hydrogen (secondary N) is 1. The number of hydrogen-bond donors (Lipinski definition) is 1. The van der Waals surface area contributed by atoms with Crippen LogP contribution in [0.4, 0.5) is 5.69 Å². The molecule has 0 spiro atoms. The minimum Gasteiger partial charge on any atom is -0.324 e. The van der Waals surface area contributed by atoms with Gasteiger partial charge in [0.25, 0.3) is 0 Å². The van der Waals surface area contributed by atoms with Crippen molar-refractivity contribution in [2.45, 2.75) is 25.8 Å². The number of amides is 3. The van der Waals surface area contributed by atoms with E-state index < -0.39 is 11.9 Å². The maximum Gasteiger partial charge on any atom is 0.248 e. The van der Waals surface area contributed by atoms with E-state index in [0.29, 0.717) is 10.7 Å². The SMILES string of the molecule is Cc1cc(Br)c(Cl)cc1NC(=O)[C@H](Cc1ccccc1)N1C(=O)[C@H]2[C@H](C1=O)[C@H]1C=C[C@H]2C1. The zero-order valence-corrected chi connectivity index (χ0v) is 19.8. The molecule has 5 rings (SSSR count). The van der Waals surface area contributed by atoms with Crippen molar-refractivity contribution in [1.29, 1.82) is 0 Å². The summed E-state index contributed by atoms with van der Waals surface area (Å²) in [6.45, 7) is 1.86. The molecule has 1 saturated heterocycles. The largest absolute Gasteiger partial charge is 0.324 e. The summed E-state index contributed by atoms with van der Waals surface area (Å²) in [5.41, 5.74) is 2.27. The highest BCUT2D eigenvalue weighted by Gasteiger charge is 2.61. The van der Waals surface area contributed by atoms with Crippen LogP contribution in [0, 0.1) is 30.6 Å². The van der Waals surface area contributed by atoms with Gasteiger partial charge < -0.3 is 5.32 Å². The molecule has 1 saturated carbocycles. The van der Waals surface area contributed by atoms with Crippen LogP contribution >= 0.6 is 27.5 Å². The van der Waals surface area contributed by atoms with Gasteiger partial charge in [-0.1, -0.05) is 54.1 Å². The lowest BCUT2D eigenvalue weighted by molar-refractivity contribution is -0.147. The first kappa shape index (κ1) is 21.4. The monoisotopic (exact) mass is 512 g/mol. The van der Waals surface area contributed by atoms with Gasteiger partial charge in [0.1, 0.15) is 6.04 Å². The summed E-state index contributed by atoms with van der Waals surface area (Å²) in [5.74, 6) is -1.33. The minimum atomic E-state index is -0.927. The Balaban J connectivity index is 1.47. The predicted octanol–water partition coefficient (Wildman–Crippen LogP) is 4.77. The second-order valence-corrected chi connectivity index (χ2v) is 10.1. The molecule has 5 atom stereocenters. The van der Waals surface area contributed by atoms with Gasteiger partial charge in [-0.3, -0.25) is 19.3 Å². The number of rotatable bonds is 5. The highest BCUT2D eigenvalue weighted by Crippen LogP contribution is 2.53. The molecular formula is C25H22BrClN2O3. The molecule has 3 aliphatic rings. The van der Waals surface area contributed by atoms with Gasteiger partial charge in [0.2, 0.25) is 17.7 Å². The number of hydrogen-bond acceptors (Lipinski definition) is 3. The van der Waals surface area contributed by atoms with Crippen LogP contribution in [0.15, 0.2) is 59.1 Å². The number of halogens is 2. The Labute approximate surface area is 199 Å². The zero-order valence-electron chi connectivity index (χ0n) is 17.4. The van der Waals surface area contributed by atoms with Crippen LogP contribution in [0.2, 0.25) is 5.02 Å². The molecule has 32 heavy (non-hydrogen) atoms. The van der Waals surface area contributed by atoms with Gasteiger partial charge in [-0.15, -0.1) is 0 Å². The van der Waals surface area contributed by atoms with E-state index >= 15 is 0 Å². The van der Waals surface area contributed by atoms with E-state index in [4.69, 9.17) is 11.6 Å². The van der Waals surface area contributed by atoms with Crippen molar-refractivity contribution in [2.75, 3.05) is 5.32 Å². The number of allylic oxidation sites excluding steroid dienone is 2.